The molecular weight excluding hydrogens is 255 g/mol. The molecule has 102 valence electrons. The van der Waals surface area contributed by atoms with Crippen LogP contribution in [-0.2, 0) is 17.9 Å². The molecule has 0 aliphatic heterocycles. The normalized spacial score (nSPS) is 10.1. The van der Waals surface area contributed by atoms with Gasteiger partial charge in [-0.2, -0.15) is 5.26 Å². The third kappa shape index (κ3) is 3.81. The zero-order chi connectivity index (χ0) is 14.4. The summed E-state index contributed by atoms with van der Waals surface area (Å²) in [5.74, 6) is -0.394. The summed E-state index contributed by atoms with van der Waals surface area (Å²) in [6.07, 6.45) is 0. The Bertz CT molecular complexity index is 635. The highest BCUT2D eigenvalue weighted by atomic mass is 19.1. The Kier molecular flexibility index (Phi) is 4.70. The molecule has 0 radical (unpaired) electrons. The van der Waals surface area contributed by atoms with Crippen LogP contribution in [0, 0.1) is 17.1 Å². The van der Waals surface area contributed by atoms with E-state index in [-0.39, 0.29) is 0 Å². The van der Waals surface area contributed by atoms with Gasteiger partial charge in [0.15, 0.2) is 0 Å². The lowest BCUT2D eigenvalue weighted by Gasteiger charge is -2.09. The average molecular weight is 270 g/mol. The van der Waals surface area contributed by atoms with Gasteiger partial charge >= 0.3 is 0 Å². The van der Waals surface area contributed by atoms with E-state index in [0.29, 0.717) is 18.7 Å². The number of hydrogen-bond donors (Lipinski definition) is 1. The van der Waals surface area contributed by atoms with Gasteiger partial charge in [-0.1, -0.05) is 12.1 Å². The SMILES string of the molecule is COCc1cccc(NCc2cc(F)cc(C#N)c2)c1. The number of halogens is 1. The Labute approximate surface area is 117 Å². The van der Waals surface area contributed by atoms with Crippen LogP contribution in [0.2, 0.25) is 0 Å². The first-order chi connectivity index (χ1) is 9.71. The van der Waals surface area contributed by atoms with E-state index in [2.05, 4.69) is 5.32 Å². The first kappa shape index (κ1) is 14.0. The van der Waals surface area contributed by atoms with Crippen molar-refractivity contribution in [3.63, 3.8) is 0 Å². The minimum atomic E-state index is -0.394. The lowest BCUT2D eigenvalue weighted by molar-refractivity contribution is 0.185. The van der Waals surface area contributed by atoms with E-state index in [9.17, 15) is 4.39 Å². The number of nitriles is 1. The lowest BCUT2D eigenvalue weighted by atomic mass is 10.1. The molecule has 4 heteroatoms. The first-order valence-corrected chi connectivity index (χ1v) is 6.22. The highest BCUT2D eigenvalue weighted by molar-refractivity contribution is 5.46. The summed E-state index contributed by atoms with van der Waals surface area (Å²) in [6, 6.07) is 14.1. The summed E-state index contributed by atoms with van der Waals surface area (Å²) in [7, 11) is 1.65. The Balaban J connectivity index is 2.07. The predicted octanol–water partition coefficient (Wildman–Crippen LogP) is 3.46. The first-order valence-electron chi connectivity index (χ1n) is 6.22. The molecule has 0 saturated carbocycles. The van der Waals surface area contributed by atoms with Gasteiger partial charge in [0.1, 0.15) is 5.82 Å². The molecule has 1 N–H and O–H groups in total. The van der Waals surface area contributed by atoms with E-state index in [1.54, 1.807) is 13.2 Å². The largest absolute Gasteiger partial charge is 0.381 e. The zero-order valence-electron chi connectivity index (χ0n) is 11.2. The Morgan fingerprint density at radius 3 is 2.80 bits per heavy atom. The van der Waals surface area contributed by atoms with E-state index < -0.39 is 5.82 Å². The number of anilines is 1. The molecular formula is C16H15FN2O. The van der Waals surface area contributed by atoms with Crippen LogP contribution in [0.5, 0.6) is 0 Å². The number of benzene rings is 2. The fourth-order valence-corrected chi connectivity index (χ4v) is 1.96. The zero-order valence-corrected chi connectivity index (χ0v) is 11.2. The van der Waals surface area contributed by atoms with Gasteiger partial charge in [0.2, 0.25) is 0 Å². The molecule has 2 aromatic carbocycles. The van der Waals surface area contributed by atoms with Crippen LogP contribution in [0.4, 0.5) is 10.1 Å². The van der Waals surface area contributed by atoms with E-state index >= 15 is 0 Å². The Morgan fingerprint density at radius 1 is 1.20 bits per heavy atom. The van der Waals surface area contributed by atoms with Gasteiger partial charge in [-0.15, -0.1) is 0 Å². The quantitative estimate of drug-likeness (QED) is 0.905. The molecule has 2 rings (SSSR count). The molecule has 2 aromatic rings. The second-order valence-electron chi connectivity index (χ2n) is 4.45. The molecule has 0 heterocycles. The number of rotatable bonds is 5. The van der Waals surface area contributed by atoms with E-state index in [1.807, 2.05) is 30.3 Å². The van der Waals surface area contributed by atoms with Gasteiger partial charge in [0.05, 0.1) is 18.2 Å². The maximum Gasteiger partial charge on any atom is 0.124 e. The molecule has 0 aliphatic carbocycles. The van der Waals surface area contributed by atoms with Gasteiger partial charge < -0.3 is 10.1 Å². The second-order valence-corrected chi connectivity index (χ2v) is 4.45. The molecule has 0 spiro atoms. The predicted molar refractivity (Wildman–Crippen MR) is 75.6 cm³/mol. The Hall–Kier alpha value is -2.38. The minimum absolute atomic E-state index is 0.329. The molecule has 20 heavy (non-hydrogen) atoms. The van der Waals surface area contributed by atoms with Crippen LogP contribution in [0.25, 0.3) is 0 Å². The van der Waals surface area contributed by atoms with Crippen LogP contribution in [0.15, 0.2) is 42.5 Å². The molecule has 0 unspecified atom stereocenters. The topological polar surface area (TPSA) is 45.0 Å². The van der Waals surface area contributed by atoms with Crippen molar-refractivity contribution in [2.24, 2.45) is 0 Å². The summed E-state index contributed by atoms with van der Waals surface area (Å²) in [5, 5.41) is 12.0. The van der Waals surface area contributed by atoms with Crippen molar-refractivity contribution < 1.29 is 9.13 Å². The summed E-state index contributed by atoms with van der Waals surface area (Å²) in [5.41, 5.74) is 3.06. The highest BCUT2D eigenvalue weighted by Crippen LogP contribution is 2.14. The van der Waals surface area contributed by atoms with Crippen LogP contribution in [-0.4, -0.2) is 7.11 Å². The molecule has 0 amide bonds. The van der Waals surface area contributed by atoms with Crippen LogP contribution in [0.3, 0.4) is 0 Å². The van der Waals surface area contributed by atoms with E-state index in [4.69, 9.17) is 10.00 Å². The molecule has 0 bridgehead atoms. The monoisotopic (exact) mass is 270 g/mol. The van der Waals surface area contributed by atoms with Crippen molar-refractivity contribution in [3.05, 3.63) is 65.0 Å². The standard InChI is InChI=1S/C16H15FN2O/c1-20-11-12-3-2-4-16(8-12)19-10-14-5-13(9-18)6-15(17)7-14/h2-8,19H,10-11H2,1H3. The van der Waals surface area contributed by atoms with E-state index in [0.717, 1.165) is 16.8 Å². The Morgan fingerprint density at radius 2 is 2.05 bits per heavy atom. The minimum Gasteiger partial charge on any atom is -0.381 e. The summed E-state index contributed by atoms with van der Waals surface area (Å²) in [4.78, 5) is 0. The molecule has 0 saturated heterocycles. The molecule has 0 fully saturated rings. The van der Waals surface area contributed by atoms with E-state index in [1.165, 1.54) is 12.1 Å². The fraction of sp³-hybridized carbons (Fsp3) is 0.188. The summed E-state index contributed by atoms with van der Waals surface area (Å²) in [6.45, 7) is 1.01. The van der Waals surface area contributed by atoms with Crippen molar-refractivity contribution in [2.45, 2.75) is 13.2 Å². The maximum atomic E-state index is 13.3. The van der Waals surface area contributed by atoms with Gasteiger partial charge in [0.25, 0.3) is 0 Å². The van der Waals surface area contributed by atoms with Crippen LogP contribution in [0.1, 0.15) is 16.7 Å². The summed E-state index contributed by atoms with van der Waals surface area (Å²) < 4.78 is 18.4. The third-order valence-electron chi connectivity index (χ3n) is 2.82. The molecule has 0 atom stereocenters. The number of nitrogens with zero attached hydrogens (tertiary/aromatic N) is 1. The number of ether oxygens (including phenoxy) is 1. The van der Waals surface area contributed by atoms with Gasteiger partial charge in [0, 0.05) is 19.3 Å². The van der Waals surface area contributed by atoms with Crippen LogP contribution >= 0.6 is 0 Å². The average Bonchev–Trinajstić information content (AvgIpc) is 2.45. The summed E-state index contributed by atoms with van der Waals surface area (Å²) >= 11 is 0. The fourth-order valence-electron chi connectivity index (χ4n) is 1.96. The van der Waals surface area contributed by atoms with Crippen molar-refractivity contribution in [2.75, 3.05) is 12.4 Å². The van der Waals surface area contributed by atoms with Crippen molar-refractivity contribution in [1.82, 2.24) is 0 Å². The number of nitrogens with one attached hydrogen (secondary N) is 1. The van der Waals surface area contributed by atoms with Gasteiger partial charge in [-0.25, -0.2) is 4.39 Å². The van der Waals surface area contributed by atoms with Crippen molar-refractivity contribution in [1.29, 1.82) is 5.26 Å². The maximum absolute atomic E-state index is 13.3. The smallest absolute Gasteiger partial charge is 0.124 e. The van der Waals surface area contributed by atoms with Crippen molar-refractivity contribution in [3.8, 4) is 6.07 Å². The van der Waals surface area contributed by atoms with Gasteiger partial charge in [-0.3, -0.25) is 0 Å². The van der Waals surface area contributed by atoms with Crippen molar-refractivity contribution >= 4 is 5.69 Å². The van der Waals surface area contributed by atoms with Crippen LogP contribution < -0.4 is 5.32 Å². The molecule has 0 aromatic heterocycles. The van der Waals surface area contributed by atoms with Gasteiger partial charge in [-0.05, 0) is 41.5 Å². The number of hydrogen-bond acceptors (Lipinski definition) is 3. The molecule has 0 aliphatic rings. The highest BCUT2D eigenvalue weighted by Gasteiger charge is 2.01. The molecule has 3 nitrogen and oxygen atoms in total. The second kappa shape index (κ2) is 6.69. The number of methoxy groups -OCH3 is 1. The lowest BCUT2D eigenvalue weighted by Crippen LogP contribution is -2.01. The third-order valence-corrected chi connectivity index (χ3v) is 2.82.